The minimum atomic E-state index is -0.322. The van der Waals surface area contributed by atoms with Gasteiger partial charge in [0.1, 0.15) is 0 Å². The second-order valence-electron chi connectivity index (χ2n) is 6.29. The quantitative estimate of drug-likeness (QED) is 0.583. The number of aliphatic hydroxyl groups excluding tert-OH is 1. The van der Waals surface area contributed by atoms with E-state index >= 15 is 0 Å². The molecule has 0 saturated heterocycles. The van der Waals surface area contributed by atoms with E-state index in [0.29, 0.717) is 13.1 Å². The van der Waals surface area contributed by atoms with E-state index in [1.807, 2.05) is 0 Å². The molecule has 0 aromatic carbocycles. The van der Waals surface area contributed by atoms with Crippen molar-refractivity contribution >= 4 is 0 Å². The molecule has 1 atom stereocenters. The van der Waals surface area contributed by atoms with E-state index in [0.717, 1.165) is 19.3 Å². The molecular weight excluding hydrogens is 212 g/mol. The molecule has 3 nitrogen and oxygen atoms in total. The number of hydrogen-bond acceptors (Lipinski definition) is 3. The first-order chi connectivity index (χ1) is 7.72. The molecule has 17 heavy (non-hydrogen) atoms. The second-order valence-corrected chi connectivity index (χ2v) is 6.29. The largest absolute Gasteiger partial charge is 0.390 e. The van der Waals surface area contributed by atoms with Crippen molar-refractivity contribution in [2.75, 3.05) is 13.1 Å². The molecule has 0 bridgehead atoms. The van der Waals surface area contributed by atoms with Crippen molar-refractivity contribution < 1.29 is 5.11 Å². The normalized spacial score (nSPS) is 15.0. The van der Waals surface area contributed by atoms with Crippen LogP contribution in [0.25, 0.3) is 0 Å². The monoisotopic (exact) mass is 244 g/mol. The summed E-state index contributed by atoms with van der Waals surface area (Å²) in [6.07, 6.45) is 3.04. The SMILES string of the molecule is CCCC(C)(C)NCC(O)CNC(C)(C)CC. The maximum Gasteiger partial charge on any atom is 0.0789 e. The molecule has 0 rings (SSSR count). The molecule has 0 aliphatic carbocycles. The maximum absolute atomic E-state index is 9.91. The zero-order chi connectivity index (χ0) is 13.5. The highest BCUT2D eigenvalue weighted by molar-refractivity contribution is 4.81. The van der Waals surface area contributed by atoms with E-state index in [1.54, 1.807) is 0 Å². The number of nitrogens with one attached hydrogen (secondary N) is 2. The van der Waals surface area contributed by atoms with Gasteiger partial charge in [0, 0.05) is 24.2 Å². The highest BCUT2D eigenvalue weighted by Crippen LogP contribution is 2.10. The van der Waals surface area contributed by atoms with Crippen molar-refractivity contribution in [1.29, 1.82) is 0 Å². The van der Waals surface area contributed by atoms with Crippen LogP contribution >= 0.6 is 0 Å². The van der Waals surface area contributed by atoms with Crippen molar-refractivity contribution in [3.05, 3.63) is 0 Å². The number of β-amino-alcohol motifs (C(OH)–C–C–N with tert-alkyl or cyclic N) is 1. The summed E-state index contributed by atoms with van der Waals surface area (Å²) in [5.41, 5.74) is 0.232. The summed E-state index contributed by atoms with van der Waals surface area (Å²) in [5.74, 6) is 0. The molecule has 0 saturated carbocycles. The smallest absolute Gasteiger partial charge is 0.0789 e. The fraction of sp³-hybridized carbons (Fsp3) is 1.00. The molecule has 0 radical (unpaired) electrons. The number of rotatable bonds is 9. The highest BCUT2D eigenvalue weighted by atomic mass is 16.3. The zero-order valence-corrected chi connectivity index (χ0v) is 12.6. The molecule has 0 amide bonds. The first-order valence-electron chi connectivity index (χ1n) is 6.90. The molecular formula is C14H32N2O. The Morgan fingerprint density at radius 2 is 1.41 bits per heavy atom. The van der Waals surface area contributed by atoms with Crippen molar-refractivity contribution in [2.24, 2.45) is 0 Å². The Balaban J connectivity index is 3.84. The lowest BCUT2D eigenvalue weighted by atomic mass is 9.98. The van der Waals surface area contributed by atoms with Crippen LogP contribution in [-0.2, 0) is 0 Å². The topological polar surface area (TPSA) is 44.3 Å². The van der Waals surface area contributed by atoms with Gasteiger partial charge in [-0.3, -0.25) is 0 Å². The highest BCUT2D eigenvalue weighted by Gasteiger charge is 2.19. The first kappa shape index (κ1) is 16.9. The summed E-state index contributed by atoms with van der Waals surface area (Å²) in [6.45, 7) is 14.3. The minimum Gasteiger partial charge on any atom is -0.390 e. The van der Waals surface area contributed by atoms with Crippen LogP contribution in [0.1, 0.15) is 60.8 Å². The van der Waals surface area contributed by atoms with Crippen molar-refractivity contribution in [1.82, 2.24) is 10.6 Å². The van der Waals surface area contributed by atoms with Crippen LogP contribution in [0.4, 0.5) is 0 Å². The second kappa shape index (κ2) is 7.34. The van der Waals surface area contributed by atoms with Gasteiger partial charge >= 0.3 is 0 Å². The lowest BCUT2D eigenvalue weighted by Gasteiger charge is -2.29. The molecule has 0 fully saturated rings. The molecule has 3 heteroatoms. The van der Waals surface area contributed by atoms with Crippen LogP contribution in [0.3, 0.4) is 0 Å². The Labute approximate surface area is 107 Å². The van der Waals surface area contributed by atoms with Gasteiger partial charge in [0.05, 0.1) is 6.10 Å². The standard InChI is InChI=1S/C14H32N2O/c1-7-9-14(5,6)16-11-12(17)10-15-13(3,4)8-2/h12,15-17H,7-11H2,1-6H3. The zero-order valence-electron chi connectivity index (χ0n) is 12.6. The van der Waals surface area contributed by atoms with Gasteiger partial charge in [-0.15, -0.1) is 0 Å². The fourth-order valence-electron chi connectivity index (χ4n) is 1.70. The summed E-state index contributed by atoms with van der Waals surface area (Å²) in [5, 5.41) is 16.7. The van der Waals surface area contributed by atoms with Crippen molar-refractivity contribution in [2.45, 2.75) is 78.0 Å². The predicted octanol–water partition coefficient (Wildman–Crippen LogP) is 2.29. The van der Waals surface area contributed by atoms with E-state index in [2.05, 4.69) is 52.2 Å². The third kappa shape index (κ3) is 8.58. The molecule has 1 unspecified atom stereocenters. The lowest BCUT2D eigenvalue weighted by molar-refractivity contribution is 0.143. The van der Waals surface area contributed by atoms with Crippen molar-refractivity contribution in [3.8, 4) is 0 Å². The Kier molecular flexibility index (Phi) is 7.29. The van der Waals surface area contributed by atoms with E-state index in [1.165, 1.54) is 0 Å². The summed E-state index contributed by atoms with van der Waals surface area (Å²) < 4.78 is 0. The Bertz CT molecular complexity index is 202. The molecule has 0 aliphatic heterocycles. The van der Waals surface area contributed by atoms with Crippen LogP contribution in [0, 0.1) is 0 Å². The van der Waals surface area contributed by atoms with E-state index in [4.69, 9.17) is 0 Å². The molecule has 0 spiro atoms. The number of aliphatic hydroxyl groups is 1. The Hall–Kier alpha value is -0.120. The van der Waals surface area contributed by atoms with Crippen LogP contribution in [0.15, 0.2) is 0 Å². The van der Waals surface area contributed by atoms with Gasteiger partial charge in [0.15, 0.2) is 0 Å². The average molecular weight is 244 g/mol. The summed E-state index contributed by atoms with van der Waals surface area (Å²) in [7, 11) is 0. The van der Waals surface area contributed by atoms with Crippen LogP contribution in [0.2, 0.25) is 0 Å². The molecule has 3 N–H and O–H groups in total. The third-order valence-electron chi connectivity index (χ3n) is 3.39. The molecule has 0 aromatic heterocycles. The van der Waals surface area contributed by atoms with E-state index < -0.39 is 0 Å². The summed E-state index contributed by atoms with van der Waals surface area (Å²) in [4.78, 5) is 0. The predicted molar refractivity (Wildman–Crippen MR) is 75.4 cm³/mol. The first-order valence-corrected chi connectivity index (χ1v) is 6.90. The van der Waals surface area contributed by atoms with E-state index in [9.17, 15) is 5.11 Å². The van der Waals surface area contributed by atoms with Gasteiger partial charge in [-0.2, -0.15) is 0 Å². The van der Waals surface area contributed by atoms with Gasteiger partial charge in [0.2, 0.25) is 0 Å². The van der Waals surface area contributed by atoms with Crippen molar-refractivity contribution in [3.63, 3.8) is 0 Å². The van der Waals surface area contributed by atoms with Gasteiger partial charge < -0.3 is 15.7 Å². The van der Waals surface area contributed by atoms with Crippen LogP contribution < -0.4 is 10.6 Å². The molecule has 0 aliphatic rings. The summed E-state index contributed by atoms with van der Waals surface area (Å²) in [6, 6.07) is 0. The Morgan fingerprint density at radius 1 is 0.941 bits per heavy atom. The maximum atomic E-state index is 9.91. The molecule has 0 aromatic rings. The van der Waals surface area contributed by atoms with Gasteiger partial charge in [-0.25, -0.2) is 0 Å². The van der Waals surface area contributed by atoms with Crippen LogP contribution in [-0.4, -0.2) is 35.4 Å². The third-order valence-corrected chi connectivity index (χ3v) is 3.39. The van der Waals surface area contributed by atoms with Gasteiger partial charge in [-0.1, -0.05) is 20.3 Å². The van der Waals surface area contributed by atoms with Gasteiger partial charge in [-0.05, 0) is 40.5 Å². The number of hydrogen-bond donors (Lipinski definition) is 3. The van der Waals surface area contributed by atoms with E-state index in [-0.39, 0.29) is 17.2 Å². The Morgan fingerprint density at radius 3 is 1.82 bits per heavy atom. The summed E-state index contributed by atoms with van der Waals surface area (Å²) >= 11 is 0. The molecule has 0 heterocycles. The fourth-order valence-corrected chi connectivity index (χ4v) is 1.70. The van der Waals surface area contributed by atoms with Crippen LogP contribution in [0.5, 0.6) is 0 Å². The minimum absolute atomic E-state index is 0.111. The molecule has 104 valence electrons. The lowest BCUT2D eigenvalue weighted by Crippen LogP contribution is -2.49. The average Bonchev–Trinajstić information content (AvgIpc) is 2.24. The van der Waals surface area contributed by atoms with Gasteiger partial charge in [0.25, 0.3) is 0 Å².